The average molecular weight is 365 g/mol. The van der Waals surface area contributed by atoms with E-state index in [1.807, 2.05) is 23.9 Å². The Morgan fingerprint density at radius 2 is 1.96 bits per heavy atom. The largest absolute Gasteiger partial charge is 0.476 e. The Labute approximate surface area is 160 Å². The third kappa shape index (κ3) is 4.48. The Hall–Kier alpha value is -2.40. The minimum absolute atomic E-state index is 0.504. The van der Waals surface area contributed by atoms with Gasteiger partial charge in [0.25, 0.3) is 0 Å². The number of unbranched alkanes of at least 4 members (excludes halogenated alkanes) is 1. The van der Waals surface area contributed by atoms with Crippen molar-refractivity contribution in [3.63, 3.8) is 0 Å². The van der Waals surface area contributed by atoms with Gasteiger partial charge in [-0.15, -0.1) is 5.10 Å². The van der Waals surface area contributed by atoms with Crippen LogP contribution in [0.15, 0.2) is 42.6 Å². The topological polar surface area (TPSA) is 49.2 Å². The molecule has 142 valence electrons. The molecule has 5 heteroatoms. The number of benzene rings is 1. The van der Waals surface area contributed by atoms with E-state index in [2.05, 4.69) is 35.6 Å². The fourth-order valence-electron chi connectivity index (χ4n) is 3.71. The van der Waals surface area contributed by atoms with Gasteiger partial charge in [0.1, 0.15) is 0 Å². The van der Waals surface area contributed by atoms with Crippen LogP contribution in [0.1, 0.15) is 42.9 Å². The highest BCUT2D eigenvalue weighted by atomic mass is 16.5. The molecule has 0 spiro atoms. The summed E-state index contributed by atoms with van der Waals surface area (Å²) in [6.45, 7) is 2.36. The van der Waals surface area contributed by atoms with Crippen molar-refractivity contribution in [2.45, 2.75) is 38.0 Å². The smallest absolute Gasteiger partial charge is 0.236 e. The second-order valence-corrected chi connectivity index (χ2v) is 7.25. The van der Waals surface area contributed by atoms with E-state index in [-0.39, 0.29) is 0 Å². The van der Waals surface area contributed by atoms with E-state index < -0.39 is 0 Å². The minimum Gasteiger partial charge on any atom is -0.476 e. The maximum absolute atomic E-state index is 6.03. The summed E-state index contributed by atoms with van der Waals surface area (Å²) in [4.78, 5) is 4.74. The van der Waals surface area contributed by atoms with Crippen molar-refractivity contribution in [3.8, 4) is 5.88 Å². The molecule has 1 aliphatic rings. The van der Waals surface area contributed by atoms with E-state index in [0.29, 0.717) is 12.5 Å². The molecule has 0 bridgehead atoms. The first-order chi connectivity index (χ1) is 13.3. The number of aromatic nitrogens is 3. The zero-order chi connectivity index (χ0) is 18.5. The van der Waals surface area contributed by atoms with E-state index in [1.54, 1.807) is 0 Å². The molecule has 2 aromatic heterocycles. The number of hydrogen-bond acceptors (Lipinski definition) is 4. The fourth-order valence-corrected chi connectivity index (χ4v) is 3.71. The molecule has 1 aromatic carbocycles. The number of ether oxygens (including phenoxy) is 2. The van der Waals surface area contributed by atoms with Crippen molar-refractivity contribution in [2.24, 2.45) is 7.05 Å². The lowest BCUT2D eigenvalue weighted by Gasteiger charge is -2.21. The summed E-state index contributed by atoms with van der Waals surface area (Å²) < 4.78 is 13.4. The molecule has 5 nitrogen and oxygen atoms in total. The highest BCUT2D eigenvalue weighted by molar-refractivity contribution is 5.78. The second-order valence-electron chi connectivity index (χ2n) is 7.25. The molecule has 1 saturated heterocycles. The molecule has 0 aliphatic carbocycles. The van der Waals surface area contributed by atoms with Gasteiger partial charge in [0.2, 0.25) is 5.88 Å². The van der Waals surface area contributed by atoms with Gasteiger partial charge in [0, 0.05) is 43.1 Å². The Morgan fingerprint density at radius 1 is 1.11 bits per heavy atom. The van der Waals surface area contributed by atoms with Crippen LogP contribution < -0.4 is 4.74 Å². The number of hydrogen-bond donors (Lipinski definition) is 0. The van der Waals surface area contributed by atoms with Gasteiger partial charge in [0.15, 0.2) is 0 Å². The van der Waals surface area contributed by atoms with Crippen molar-refractivity contribution < 1.29 is 9.47 Å². The van der Waals surface area contributed by atoms with Crippen molar-refractivity contribution in [3.05, 3.63) is 53.9 Å². The van der Waals surface area contributed by atoms with Crippen LogP contribution in [0.2, 0.25) is 0 Å². The first-order valence-corrected chi connectivity index (χ1v) is 9.88. The van der Waals surface area contributed by atoms with Gasteiger partial charge in [-0.2, -0.15) is 0 Å². The van der Waals surface area contributed by atoms with Crippen molar-refractivity contribution in [2.75, 3.05) is 19.8 Å². The highest BCUT2D eigenvalue weighted by Gasteiger charge is 2.22. The summed E-state index contributed by atoms with van der Waals surface area (Å²) in [7, 11) is 1.96. The molecule has 0 saturated carbocycles. The lowest BCUT2D eigenvalue weighted by Crippen LogP contribution is -2.14. The van der Waals surface area contributed by atoms with Gasteiger partial charge in [-0.05, 0) is 50.2 Å². The monoisotopic (exact) mass is 365 g/mol. The lowest BCUT2D eigenvalue weighted by molar-refractivity contribution is 0.0846. The highest BCUT2D eigenvalue weighted by Crippen LogP contribution is 2.32. The first-order valence-electron chi connectivity index (χ1n) is 9.88. The van der Waals surface area contributed by atoms with Crippen LogP contribution in [-0.2, 0) is 18.2 Å². The van der Waals surface area contributed by atoms with Gasteiger partial charge in [-0.3, -0.25) is 9.67 Å². The summed E-state index contributed by atoms with van der Waals surface area (Å²) in [6.07, 6.45) is 7.24. The molecule has 0 atom stereocenters. The van der Waals surface area contributed by atoms with E-state index in [0.717, 1.165) is 62.4 Å². The van der Waals surface area contributed by atoms with Crippen LogP contribution in [0.3, 0.4) is 0 Å². The molecule has 3 heterocycles. The van der Waals surface area contributed by atoms with Crippen molar-refractivity contribution in [1.82, 2.24) is 14.8 Å². The Balaban J connectivity index is 1.27. The van der Waals surface area contributed by atoms with E-state index in [4.69, 9.17) is 14.5 Å². The zero-order valence-corrected chi connectivity index (χ0v) is 15.9. The van der Waals surface area contributed by atoms with Crippen molar-refractivity contribution >= 4 is 10.9 Å². The van der Waals surface area contributed by atoms with Crippen LogP contribution in [0.25, 0.3) is 10.9 Å². The van der Waals surface area contributed by atoms with Crippen molar-refractivity contribution in [1.29, 1.82) is 0 Å². The number of fused-ring (bicyclic) bond motifs is 1. The standard InChI is InChI=1S/C22H27N3O2/c1-25-16-20(17-11-14-26-15-12-17)22(24-25)27-13-5-4-7-19-10-9-18-6-2-3-8-21(18)23-19/h2-3,6,8-10,16-17H,4-5,7,11-15H2,1H3. The van der Waals surface area contributed by atoms with Crippen LogP contribution >= 0.6 is 0 Å². The summed E-state index contributed by atoms with van der Waals surface area (Å²) in [5, 5.41) is 5.71. The van der Waals surface area contributed by atoms with E-state index in [1.165, 1.54) is 10.9 Å². The second kappa shape index (κ2) is 8.53. The molecular weight excluding hydrogens is 338 g/mol. The average Bonchev–Trinajstić information content (AvgIpc) is 3.09. The van der Waals surface area contributed by atoms with E-state index in [9.17, 15) is 0 Å². The van der Waals surface area contributed by atoms with Crippen LogP contribution in [0.5, 0.6) is 5.88 Å². The maximum atomic E-state index is 6.03. The number of para-hydroxylation sites is 1. The lowest BCUT2D eigenvalue weighted by atomic mass is 9.94. The minimum atomic E-state index is 0.504. The third-order valence-corrected chi connectivity index (χ3v) is 5.20. The quantitative estimate of drug-likeness (QED) is 0.587. The van der Waals surface area contributed by atoms with Gasteiger partial charge in [0.05, 0.1) is 12.1 Å². The van der Waals surface area contributed by atoms with Gasteiger partial charge >= 0.3 is 0 Å². The van der Waals surface area contributed by atoms with Gasteiger partial charge in [-0.25, -0.2) is 0 Å². The Bertz CT molecular complexity index is 884. The number of aryl methyl sites for hydroxylation is 2. The molecule has 1 fully saturated rings. The molecule has 0 amide bonds. The Kier molecular flexibility index (Phi) is 5.68. The molecule has 4 rings (SSSR count). The molecular formula is C22H27N3O2. The third-order valence-electron chi connectivity index (χ3n) is 5.20. The van der Waals surface area contributed by atoms with Gasteiger partial charge < -0.3 is 9.47 Å². The maximum Gasteiger partial charge on any atom is 0.236 e. The molecule has 0 unspecified atom stereocenters. The van der Waals surface area contributed by atoms with Crippen LogP contribution in [0.4, 0.5) is 0 Å². The fraction of sp³-hybridized carbons (Fsp3) is 0.455. The summed E-state index contributed by atoms with van der Waals surface area (Å²) >= 11 is 0. The normalized spacial score (nSPS) is 15.3. The number of nitrogens with zero attached hydrogens (tertiary/aromatic N) is 3. The summed E-state index contributed by atoms with van der Waals surface area (Å²) in [5.74, 6) is 1.30. The van der Waals surface area contributed by atoms with Crippen LogP contribution in [0, 0.1) is 0 Å². The molecule has 1 aliphatic heterocycles. The zero-order valence-electron chi connectivity index (χ0n) is 15.9. The SMILES string of the molecule is Cn1cc(C2CCOCC2)c(OCCCCc2ccc3ccccc3n2)n1. The van der Waals surface area contributed by atoms with Crippen LogP contribution in [-0.4, -0.2) is 34.6 Å². The first kappa shape index (κ1) is 18.0. The molecule has 27 heavy (non-hydrogen) atoms. The summed E-state index contributed by atoms with van der Waals surface area (Å²) in [6, 6.07) is 12.5. The molecule has 3 aromatic rings. The number of rotatable bonds is 7. The Morgan fingerprint density at radius 3 is 2.85 bits per heavy atom. The predicted molar refractivity (Wildman–Crippen MR) is 106 cm³/mol. The van der Waals surface area contributed by atoms with E-state index >= 15 is 0 Å². The number of pyridine rings is 1. The molecule has 0 N–H and O–H groups in total. The van der Waals surface area contributed by atoms with Gasteiger partial charge in [-0.1, -0.05) is 24.3 Å². The molecule has 0 radical (unpaired) electrons. The predicted octanol–water partition coefficient (Wildman–Crippen LogP) is 4.26. The summed E-state index contributed by atoms with van der Waals surface area (Å²) in [5.41, 5.74) is 3.45.